The monoisotopic (exact) mass is 280 g/mol. The lowest BCUT2D eigenvalue weighted by Crippen LogP contribution is -2.12. The summed E-state index contributed by atoms with van der Waals surface area (Å²) in [4.78, 5) is 12.1. The summed E-state index contributed by atoms with van der Waals surface area (Å²) in [7, 11) is 0. The second kappa shape index (κ2) is 5.25. The molecular formula is C17H13FN2O. The molecule has 21 heavy (non-hydrogen) atoms. The molecule has 0 saturated heterocycles. The Balaban J connectivity index is 1.87. The van der Waals surface area contributed by atoms with Gasteiger partial charge in [-0.15, -0.1) is 0 Å². The van der Waals surface area contributed by atoms with E-state index >= 15 is 0 Å². The minimum absolute atomic E-state index is 0.0252. The molecule has 0 aliphatic carbocycles. The number of carbonyl (C=O) groups excluding carboxylic acids is 1. The lowest BCUT2D eigenvalue weighted by Gasteiger charge is -2.07. The van der Waals surface area contributed by atoms with Crippen molar-refractivity contribution < 1.29 is 9.18 Å². The van der Waals surface area contributed by atoms with Crippen molar-refractivity contribution in [3.63, 3.8) is 0 Å². The second-order valence-corrected chi connectivity index (χ2v) is 4.75. The number of amides is 1. The van der Waals surface area contributed by atoms with Crippen molar-refractivity contribution >= 4 is 28.1 Å². The van der Waals surface area contributed by atoms with E-state index in [2.05, 4.69) is 5.32 Å². The quantitative estimate of drug-likeness (QED) is 0.701. The fourth-order valence-corrected chi connectivity index (χ4v) is 2.14. The highest BCUT2D eigenvalue weighted by Crippen LogP contribution is 2.20. The molecule has 3 N–H and O–H groups in total. The zero-order chi connectivity index (χ0) is 14.8. The van der Waals surface area contributed by atoms with Crippen LogP contribution in [0.4, 0.5) is 15.8 Å². The van der Waals surface area contributed by atoms with Crippen molar-refractivity contribution in [1.29, 1.82) is 0 Å². The summed E-state index contributed by atoms with van der Waals surface area (Å²) in [5.74, 6) is -0.967. The van der Waals surface area contributed by atoms with Crippen molar-refractivity contribution in [2.75, 3.05) is 11.1 Å². The summed E-state index contributed by atoms with van der Waals surface area (Å²) in [6.07, 6.45) is 0. The average Bonchev–Trinajstić information content (AvgIpc) is 2.50. The minimum Gasteiger partial charge on any atom is -0.396 e. The SMILES string of the molecule is Nc1ccc(C(=O)Nc2ccc3ccccc3c2)cc1F. The van der Waals surface area contributed by atoms with Gasteiger partial charge in [-0.05, 0) is 41.1 Å². The van der Waals surface area contributed by atoms with E-state index in [1.54, 1.807) is 0 Å². The Morgan fingerprint density at radius 3 is 2.48 bits per heavy atom. The van der Waals surface area contributed by atoms with E-state index < -0.39 is 5.82 Å². The van der Waals surface area contributed by atoms with Gasteiger partial charge in [-0.2, -0.15) is 0 Å². The number of nitrogen functional groups attached to an aromatic ring is 1. The Morgan fingerprint density at radius 1 is 0.952 bits per heavy atom. The number of halogens is 1. The van der Waals surface area contributed by atoms with E-state index in [4.69, 9.17) is 5.73 Å². The first-order valence-electron chi connectivity index (χ1n) is 6.49. The van der Waals surface area contributed by atoms with Crippen LogP contribution in [-0.4, -0.2) is 5.91 Å². The number of nitrogens with two attached hydrogens (primary N) is 1. The maximum Gasteiger partial charge on any atom is 0.255 e. The molecule has 0 atom stereocenters. The summed E-state index contributed by atoms with van der Waals surface area (Å²) in [6.45, 7) is 0. The van der Waals surface area contributed by atoms with Gasteiger partial charge in [-0.25, -0.2) is 4.39 Å². The first-order chi connectivity index (χ1) is 10.1. The molecule has 0 aromatic heterocycles. The van der Waals surface area contributed by atoms with Gasteiger partial charge in [0.05, 0.1) is 5.69 Å². The van der Waals surface area contributed by atoms with Crippen molar-refractivity contribution in [2.24, 2.45) is 0 Å². The van der Waals surface area contributed by atoms with Gasteiger partial charge < -0.3 is 11.1 Å². The van der Waals surface area contributed by atoms with E-state index in [1.807, 2.05) is 42.5 Å². The van der Waals surface area contributed by atoms with Gasteiger partial charge in [0.1, 0.15) is 5.82 Å². The summed E-state index contributed by atoms with van der Waals surface area (Å²) < 4.78 is 13.4. The number of anilines is 2. The first-order valence-corrected chi connectivity index (χ1v) is 6.49. The van der Waals surface area contributed by atoms with Crippen LogP contribution in [0.25, 0.3) is 10.8 Å². The van der Waals surface area contributed by atoms with E-state index in [0.717, 1.165) is 16.8 Å². The molecule has 0 heterocycles. The highest BCUT2D eigenvalue weighted by Gasteiger charge is 2.09. The van der Waals surface area contributed by atoms with Gasteiger partial charge in [0.25, 0.3) is 5.91 Å². The van der Waals surface area contributed by atoms with Crippen LogP contribution < -0.4 is 11.1 Å². The number of hydrogen-bond acceptors (Lipinski definition) is 2. The Labute approximate surface area is 121 Å². The van der Waals surface area contributed by atoms with Crippen molar-refractivity contribution in [1.82, 2.24) is 0 Å². The van der Waals surface area contributed by atoms with Crippen molar-refractivity contribution in [2.45, 2.75) is 0 Å². The molecule has 104 valence electrons. The minimum atomic E-state index is -0.596. The third-order valence-corrected chi connectivity index (χ3v) is 3.27. The van der Waals surface area contributed by atoms with Crippen LogP contribution in [0.15, 0.2) is 60.7 Å². The molecule has 0 aliphatic heterocycles. The van der Waals surface area contributed by atoms with E-state index in [9.17, 15) is 9.18 Å². The molecule has 0 fully saturated rings. The van der Waals surface area contributed by atoms with Gasteiger partial charge in [0.15, 0.2) is 0 Å². The molecule has 1 amide bonds. The van der Waals surface area contributed by atoms with Crippen LogP contribution in [0.3, 0.4) is 0 Å². The van der Waals surface area contributed by atoms with Gasteiger partial charge in [-0.3, -0.25) is 4.79 Å². The van der Waals surface area contributed by atoms with Crippen LogP contribution in [0, 0.1) is 5.82 Å². The van der Waals surface area contributed by atoms with Crippen LogP contribution in [0.1, 0.15) is 10.4 Å². The van der Waals surface area contributed by atoms with Crippen molar-refractivity contribution in [3.8, 4) is 0 Å². The Bertz CT molecular complexity index is 830. The topological polar surface area (TPSA) is 55.1 Å². The maximum absolute atomic E-state index is 13.4. The summed E-state index contributed by atoms with van der Waals surface area (Å²) in [5, 5.41) is 4.87. The molecule has 3 nitrogen and oxygen atoms in total. The molecule has 0 spiro atoms. The summed E-state index contributed by atoms with van der Waals surface area (Å²) in [6, 6.07) is 17.5. The van der Waals surface area contributed by atoms with Gasteiger partial charge in [0, 0.05) is 11.3 Å². The lowest BCUT2D eigenvalue weighted by molar-refractivity contribution is 0.102. The van der Waals surface area contributed by atoms with E-state index in [1.165, 1.54) is 12.1 Å². The number of carbonyl (C=O) groups is 1. The summed E-state index contributed by atoms with van der Waals surface area (Å²) in [5.41, 5.74) is 6.32. The van der Waals surface area contributed by atoms with E-state index in [0.29, 0.717) is 5.69 Å². The largest absolute Gasteiger partial charge is 0.396 e. The highest BCUT2D eigenvalue weighted by molar-refractivity contribution is 6.05. The van der Waals surface area contributed by atoms with Crippen molar-refractivity contribution in [3.05, 3.63) is 72.0 Å². The normalized spacial score (nSPS) is 10.5. The molecule has 3 aromatic carbocycles. The molecule has 3 rings (SSSR count). The molecule has 0 saturated carbocycles. The predicted octanol–water partition coefficient (Wildman–Crippen LogP) is 3.81. The average molecular weight is 280 g/mol. The van der Waals surface area contributed by atoms with Gasteiger partial charge in [0.2, 0.25) is 0 Å². The van der Waals surface area contributed by atoms with Crippen LogP contribution in [-0.2, 0) is 0 Å². The summed E-state index contributed by atoms with van der Waals surface area (Å²) >= 11 is 0. The molecule has 0 bridgehead atoms. The zero-order valence-corrected chi connectivity index (χ0v) is 11.1. The molecule has 4 heteroatoms. The van der Waals surface area contributed by atoms with Crippen LogP contribution >= 0.6 is 0 Å². The Morgan fingerprint density at radius 2 is 1.71 bits per heavy atom. The number of fused-ring (bicyclic) bond motifs is 1. The Kier molecular flexibility index (Phi) is 3.28. The Hall–Kier alpha value is -2.88. The maximum atomic E-state index is 13.4. The van der Waals surface area contributed by atoms with E-state index in [-0.39, 0.29) is 17.2 Å². The number of rotatable bonds is 2. The van der Waals surface area contributed by atoms with Crippen LogP contribution in [0.2, 0.25) is 0 Å². The fourth-order valence-electron chi connectivity index (χ4n) is 2.14. The fraction of sp³-hybridized carbons (Fsp3) is 0. The van der Waals surface area contributed by atoms with Gasteiger partial charge >= 0.3 is 0 Å². The predicted molar refractivity (Wildman–Crippen MR) is 82.7 cm³/mol. The standard InChI is InChI=1S/C17H13FN2O/c18-15-10-13(6-8-16(15)19)17(21)20-14-7-5-11-3-1-2-4-12(11)9-14/h1-10H,19H2,(H,20,21). The number of hydrogen-bond donors (Lipinski definition) is 2. The molecule has 3 aromatic rings. The number of nitrogens with one attached hydrogen (secondary N) is 1. The molecule has 0 radical (unpaired) electrons. The molecular weight excluding hydrogens is 267 g/mol. The molecule has 0 unspecified atom stereocenters. The first kappa shape index (κ1) is 13.1. The third-order valence-electron chi connectivity index (χ3n) is 3.27. The molecule has 0 aliphatic rings. The lowest BCUT2D eigenvalue weighted by atomic mass is 10.1. The smallest absolute Gasteiger partial charge is 0.255 e. The number of benzene rings is 3. The zero-order valence-electron chi connectivity index (χ0n) is 11.1. The van der Waals surface area contributed by atoms with Gasteiger partial charge in [-0.1, -0.05) is 30.3 Å². The second-order valence-electron chi connectivity index (χ2n) is 4.75. The highest BCUT2D eigenvalue weighted by atomic mass is 19.1. The third kappa shape index (κ3) is 2.69. The van der Waals surface area contributed by atoms with Crippen LogP contribution in [0.5, 0.6) is 0 Å².